The second-order valence-corrected chi connectivity index (χ2v) is 2.11. The van der Waals surface area contributed by atoms with Gasteiger partial charge >= 0.3 is 11.9 Å². The zero-order valence-corrected chi connectivity index (χ0v) is 6.78. The molecular formula is C5H13N3O5. The van der Waals surface area contributed by atoms with Crippen LogP contribution in [0.25, 0.3) is 0 Å². The van der Waals surface area contributed by atoms with E-state index in [1.54, 1.807) is 0 Å². The number of hydrazine groups is 2. The molecule has 0 aromatic heterocycles. The molecule has 13 heavy (non-hydrogen) atoms. The first-order valence-corrected chi connectivity index (χ1v) is 3.23. The zero-order valence-electron chi connectivity index (χ0n) is 6.78. The van der Waals surface area contributed by atoms with E-state index in [0.717, 1.165) is 0 Å². The van der Waals surface area contributed by atoms with Gasteiger partial charge in [-0.3, -0.25) is 15.4 Å². The van der Waals surface area contributed by atoms with Crippen LogP contribution in [-0.4, -0.2) is 33.7 Å². The molecule has 8 nitrogen and oxygen atoms in total. The van der Waals surface area contributed by atoms with Crippen LogP contribution < -0.4 is 16.8 Å². The summed E-state index contributed by atoms with van der Waals surface area (Å²) in [5, 5.41) is 16.7. The van der Waals surface area contributed by atoms with E-state index in [4.69, 9.17) is 16.1 Å². The maximum Gasteiger partial charge on any atom is 0.322 e. The number of carbonyl (C=O) groups is 2. The number of nitrogens with two attached hydrogens (primary N) is 1. The Balaban J connectivity index is 0. The molecule has 0 rings (SSSR count). The predicted octanol–water partition coefficient (Wildman–Crippen LogP) is -2.55. The predicted molar refractivity (Wildman–Crippen MR) is 42.4 cm³/mol. The van der Waals surface area contributed by atoms with Gasteiger partial charge in [-0.05, 0) is 6.42 Å². The zero-order chi connectivity index (χ0) is 9.56. The Morgan fingerprint density at radius 2 is 1.92 bits per heavy atom. The van der Waals surface area contributed by atoms with Crippen LogP contribution in [0.3, 0.4) is 0 Å². The first-order chi connectivity index (χ1) is 5.57. The highest BCUT2D eigenvalue weighted by molar-refractivity contribution is 5.74. The van der Waals surface area contributed by atoms with E-state index in [1.807, 2.05) is 5.53 Å². The molecule has 0 radical (unpaired) electrons. The van der Waals surface area contributed by atoms with E-state index < -0.39 is 18.0 Å². The normalized spacial score (nSPS) is 11.5. The van der Waals surface area contributed by atoms with Gasteiger partial charge in [0.15, 0.2) is 0 Å². The fourth-order valence-electron chi connectivity index (χ4n) is 0.626. The van der Waals surface area contributed by atoms with Gasteiger partial charge in [0.2, 0.25) is 0 Å². The molecular weight excluding hydrogens is 182 g/mol. The molecule has 0 aromatic carbocycles. The third kappa shape index (κ3) is 7.15. The number of rotatable bonds is 6. The smallest absolute Gasteiger partial charge is 0.322 e. The van der Waals surface area contributed by atoms with Crippen LogP contribution in [0.4, 0.5) is 0 Å². The van der Waals surface area contributed by atoms with Gasteiger partial charge in [-0.15, -0.1) is 0 Å². The molecule has 0 aromatic rings. The van der Waals surface area contributed by atoms with E-state index in [-0.39, 0.29) is 18.3 Å². The number of hydrogen-bond donors (Lipinski definition) is 5. The summed E-state index contributed by atoms with van der Waals surface area (Å²) >= 11 is 0. The van der Waals surface area contributed by atoms with Crippen LogP contribution in [0, 0.1) is 0 Å². The van der Waals surface area contributed by atoms with Crippen molar-refractivity contribution in [3.05, 3.63) is 0 Å². The molecule has 0 amide bonds. The Bertz CT molecular complexity index is 174. The van der Waals surface area contributed by atoms with Crippen molar-refractivity contribution in [2.75, 3.05) is 0 Å². The highest BCUT2D eigenvalue weighted by Gasteiger charge is 2.16. The SMILES string of the molecule is NNN[C@@H](CCC(=O)O)C(=O)O.O. The third-order valence-corrected chi connectivity index (χ3v) is 1.20. The first-order valence-electron chi connectivity index (χ1n) is 3.23. The average Bonchev–Trinajstić information content (AvgIpc) is 1.96. The molecule has 0 bridgehead atoms. The Hall–Kier alpha value is -1.22. The van der Waals surface area contributed by atoms with E-state index in [0.29, 0.717) is 0 Å². The summed E-state index contributed by atoms with van der Waals surface area (Å²) in [6, 6.07) is -0.980. The second kappa shape index (κ2) is 7.43. The number of aliphatic carboxylic acids is 2. The van der Waals surface area contributed by atoms with Crippen molar-refractivity contribution in [3.8, 4) is 0 Å². The minimum atomic E-state index is -1.14. The summed E-state index contributed by atoms with van der Waals surface area (Å²) in [6.07, 6.45) is -0.236. The van der Waals surface area contributed by atoms with E-state index in [2.05, 4.69) is 5.43 Å². The van der Waals surface area contributed by atoms with Crippen molar-refractivity contribution in [1.29, 1.82) is 0 Å². The van der Waals surface area contributed by atoms with Gasteiger partial charge in [0.1, 0.15) is 6.04 Å². The van der Waals surface area contributed by atoms with Gasteiger partial charge in [0.05, 0.1) is 0 Å². The molecule has 0 fully saturated rings. The lowest BCUT2D eigenvalue weighted by atomic mass is 10.2. The highest BCUT2D eigenvalue weighted by atomic mass is 16.4. The quantitative estimate of drug-likeness (QED) is 0.230. The Labute approximate surface area is 74.0 Å². The minimum absolute atomic E-state index is 0. The second-order valence-electron chi connectivity index (χ2n) is 2.11. The van der Waals surface area contributed by atoms with Crippen LogP contribution in [-0.2, 0) is 9.59 Å². The molecule has 0 aliphatic heterocycles. The Kier molecular flexibility index (Phi) is 8.18. The van der Waals surface area contributed by atoms with Crippen molar-refractivity contribution in [1.82, 2.24) is 11.0 Å². The van der Waals surface area contributed by atoms with Crippen molar-refractivity contribution in [2.45, 2.75) is 18.9 Å². The third-order valence-electron chi connectivity index (χ3n) is 1.20. The number of carboxylic acid groups (broad SMARTS) is 2. The molecule has 0 aliphatic carbocycles. The molecule has 0 unspecified atom stereocenters. The summed E-state index contributed by atoms with van der Waals surface area (Å²) in [6.45, 7) is 0. The summed E-state index contributed by atoms with van der Waals surface area (Å²) in [4.78, 5) is 20.4. The lowest BCUT2D eigenvalue weighted by Crippen LogP contribution is -2.48. The van der Waals surface area contributed by atoms with Crippen molar-refractivity contribution >= 4 is 11.9 Å². The van der Waals surface area contributed by atoms with Crippen LogP contribution in [0.15, 0.2) is 0 Å². The topological polar surface area (TPSA) is 156 Å². The van der Waals surface area contributed by atoms with Crippen molar-refractivity contribution in [3.63, 3.8) is 0 Å². The molecule has 0 saturated heterocycles. The molecule has 1 atom stereocenters. The van der Waals surface area contributed by atoms with E-state index in [1.165, 1.54) is 0 Å². The fourth-order valence-corrected chi connectivity index (χ4v) is 0.626. The van der Waals surface area contributed by atoms with Crippen molar-refractivity contribution in [2.24, 2.45) is 5.84 Å². The van der Waals surface area contributed by atoms with Gasteiger partial charge in [0.25, 0.3) is 0 Å². The van der Waals surface area contributed by atoms with Crippen LogP contribution in [0.2, 0.25) is 0 Å². The molecule has 78 valence electrons. The van der Waals surface area contributed by atoms with Gasteiger partial charge in [-0.25, -0.2) is 5.43 Å². The molecule has 8 heteroatoms. The first kappa shape index (κ1) is 14.3. The molecule has 8 N–H and O–H groups in total. The standard InChI is InChI=1S/C5H11N3O4.H2O/c6-8-7-3(5(11)12)1-2-4(9)10;/h3,7-8H,1-2,6H2,(H,9,10)(H,11,12);1H2/t3-;/m0./s1. The fraction of sp³-hybridized carbons (Fsp3) is 0.600. The summed E-state index contributed by atoms with van der Waals surface area (Å²) < 4.78 is 0. The molecule has 0 heterocycles. The molecule has 0 aliphatic rings. The monoisotopic (exact) mass is 195 g/mol. The lowest BCUT2D eigenvalue weighted by Gasteiger charge is -2.10. The van der Waals surface area contributed by atoms with E-state index >= 15 is 0 Å². The number of nitrogens with one attached hydrogen (secondary N) is 2. The highest BCUT2D eigenvalue weighted by Crippen LogP contribution is 1.96. The lowest BCUT2D eigenvalue weighted by molar-refractivity contribution is -0.141. The maximum absolute atomic E-state index is 10.4. The van der Waals surface area contributed by atoms with Gasteiger partial charge in [-0.2, -0.15) is 5.53 Å². The average molecular weight is 195 g/mol. The van der Waals surface area contributed by atoms with Gasteiger partial charge in [-0.1, -0.05) is 0 Å². The van der Waals surface area contributed by atoms with Gasteiger partial charge in [0, 0.05) is 6.42 Å². The summed E-state index contributed by atoms with van der Waals surface area (Å²) in [5.41, 5.74) is 4.15. The summed E-state index contributed by atoms with van der Waals surface area (Å²) in [5.74, 6) is 2.62. The molecule has 0 spiro atoms. The maximum atomic E-state index is 10.4. The Morgan fingerprint density at radius 1 is 1.38 bits per heavy atom. The van der Waals surface area contributed by atoms with Gasteiger partial charge < -0.3 is 15.7 Å². The van der Waals surface area contributed by atoms with Crippen molar-refractivity contribution < 1.29 is 25.3 Å². The largest absolute Gasteiger partial charge is 0.481 e. The van der Waals surface area contributed by atoms with Crippen LogP contribution in [0.1, 0.15) is 12.8 Å². The number of hydrogen-bond acceptors (Lipinski definition) is 5. The van der Waals surface area contributed by atoms with Crippen LogP contribution in [0.5, 0.6) is 0 Å². The number of carboxylic acids is 2. The summed E-state index contributed by atoms with van der Waals surface area (Å²) in [7, 11) is 0. The van der Waals surface area contributed by atoms with Crippen LogP contribution >= 0.6 is 0 Å². The molecule has 0 saturated carbocycles. The minimum Gasteiger partial charge on any atom is -0.481 e. The van der Waals surface area contributed by atoms with E-state index in [9.17, 15) is 9.59 Å². The Morgan fingerprint density at radius 3 is 2.23 bits per heavy atom.